The molecule has 0 fully saturated rings. The van der Waals surface area contributed by atoms with Crippen LogP contribution in [0.15, 0.2) is 28.2 Å². The van der Waals surface area contributed by atoms with E-state index in [9.17, 15) is 9.18 Å². The van der Waals surface area contributed by atoms with Gasteiger partial charge in [-0.25, -0.2) is 9.37 Å². The molecule has 13 heavy (non-hydrogen) atoms. The van der Waals surface area contributed by atoms with Crippen LogP contribution in [0, 0.1) is 5.82 Å². The molecule has 1 aromatic carbocycles. The minimum absolute atomic E-state index is 0.226. The van der Waals surface area contributed by atoms with Crippen molar-refractivity contribution in [1.82, 2.24) is 9.97 Å². The third-order valence-electron chi connectivity index (χ3n) is 1.65. The topological polar surface area (TPSA) is 45.8 Å². The molecular weight excluding hydrogens is 191 g/mol. The van der Waals surface area contributed by atoms with Crippen LogP contribution in [0.1, 0.15) is 0 Å². The standard InChI is InChI=1S/C8H5FN2OS/c9-4-1-2-6-5(3-4)7(12)11-8(13)10-6/h1-3H,(H2,10,11,12,13). The quantitative estimate of drug-likeness (QED) is 0.493. The first-order valence-corrected chi connectivity index (χ1v) is 4.00. The van der Waals surface area contributed by atoms with Crippen molar-refractivity contribution < 1.29 is 4.39 Å². The van der Waals surface area contributed by atoms with E-state index in [2.05, 4.69) is 22.6 Å². The van der Waals surface area contributed by atoms with Gasteiger partial charge in [0.15, 0.2) is 5.16 Å². The van der Waals surface area contributed by atoms with Gasteiger partial charge in [0.1, 0.15) is 5.82 Å². The molecule has 2 aromatic rings. The molecule has 0 aliphatic rings. The van der Waals surface area contributed by atoms with Gasteiger partial charge in [0.05, 0.1) is 10.9 Å². The number of thiol groups is 1. The van der Waals surface area contributed by atoms with Crippen LogP contribution in [-0.4, -0.2) is 9.97 Å². The van der Waals surface area contributed by atoms with Gasteiger partial charge in [-0.2, -0.15) is 0 Å². The summed E-state index contributed by atoms with van der Waals surface area (Å²) in [5.41, 5.74) is 0.0599. The van der Waals surface area contributed by atoms with Crippen LogP contribution in [0.3, 0.4) is 0 Å². The maximum atomic E-state index is 12.7. The average molecular weight is 196 g/mol. The second-order valence-corrected chi connectivity index (χ2v) is 2.97. The highest BCUT2D eigenvalue weighted by atomic mass is 32.1. The Morgan fingerprint density at radius 1 is 1.46 bits per heavy atom. The monoisotopic (exact) mass is 196 g/mol. The summed E-state index contributed by atoms with van der Waals surface area (Å²) in [4.78, 5) is 17.5. The molecule has 66 valence electrons. The third-order valence-corrected chi connectivity index (χ3v) is 1.87. The molecule has 1 heterocycles. The van der Waals surface area contributed by atoms with Crippen LogP contribution in [-0.2, 0) is 0 Å². The van der Waals surface area contributed by atoms with E-state index >= 15 is 0 Å². The van der Waals surface area contributed by atoms with Gasteiger partial charge in [-0.05, 0) is 18.2 Å². The average Bonchev–Trinajstić information content (AvgIpc) is 2.06. The number of nitrogens with one attached hydrogen (secondary N) is 1. The van der Waals surface area contributed by atoms with E-state index in [4.69, 9.17) is 0 Å². The van der Waals surface area contributed by atoms with Gasteiger partial charge in [0, 0.05) is 0 Å². The molecule has 1 N–H and O–H groups in total. The maximum absolute atomic E-state index is 12.7. The van der Waals surface area contributed by atoms with Gasteiger partial charge >= 0.3 is 0 Å². The fraction of sp³-hybridized carbons (Fsp3) is 0. The first kappa shape index (κ1) is 8.25. The number of aromatic amines is 1. The molecule has 0 unspecified atom stereocenters. The van der Waals surface area contributed by atoms with Gasteiger partial charge in [0.2, 0.25) is 0 Å². The van der Waals surface area contributed by atoms with Gasteiger partial charge < -0.3 is 4.98 Å². The van der Waals surface area contributed by atoms with Gasteiger partial charge in [-0.15, -0.1) is 12.6 Å². The summed E-state index contributed by atoms with van der Waals surface area (Å²) in [5, 5.41) is 0.460. The van der Waals surface area contributed by atoms with Crippen LogP contribution >= 0.6 is 12.6 Å². The molecule has 0 aliphatic heterocycles. The Morgan fingerprint density at radius 2 is 2.23 bits per heavy atom. The van der Waals surface area contributed by atoms with E-state index < -0.39 is 5.82 Å². The molecule has 0 saturated heterocycles. The second kappa shape index (κ2) is 2.85. The van der Waals surface area contributed by atoms with Crippen LogP contribution in [0.4, 0.5) is 4.39 Å². The minimum Gasteiger partial charge on any atom is -0.301 e. The van der Waals surface area contributed by atoms with Gasteiger partial charge in [-0.3, -0.25) is 4.79 Å². The lowest BCUT2D eigenvalue weighted by atomic mass is 10.2. The molecule has 0 aliphatic carbocycles. The molecule has 0 bridgehead atoms. The molecule has 0 radical (unpaired) electrons. The van der Waals surface area contributed by atoms with E-state index in [0.717, 1.165) is 6.07 Å². The van der Waals surface area contributed by atoms with Crippen LogP contribution in [0.5, 0.6) is 0 Å². The van der Waals surface area contributed by atoms with Crippen molar-refractivity contribution >= 4 is 23.5 Å². The van der Waals surface area contributed by atoms with Crippen LogP contribution < -0.4 is 5.56 Å². The smallest absolute Gasteiger partial charge is 0.259 e. The number of rotatable bonds is 0. The molecule has 5 heteroatoms. The number of hydrogen-bond donors (Lipinski definition) is 2. The molecule has 2 rings (SSSR count). The predicted octanol–water partition coefficient (Wildman–Crippen LogP) is 1.35. The van der Waals surface area contributed by atoms with Crippen LogP contribution in [0.2, 0.25) is 0 Å². The summed E-state index contributed by atoms with van der Waals surface area (Å²) in [6.45, 7) is 0. The van der Waals surface area contributed by atoms with Crippen molar-refractivity contribution in [3.8, 4) is 0 Å². The Labute approximate surface area is 78.0 Å². The maximum Gasteiger partial charge on any atom is 0.259 e. The Morgan fingerprint density at radius 3 is 3.00 bits per heavy atom. The number of halogens is 1. The molecule has 0 saturated carbocycles. The summed E-state index contributed by atoms with van der Waals surface area (Å²) < 4.78 is 12.7. The largest absolute Gasteiger partial charge is 0.301 e. The third kappa shape index (κ3) is 1.42. The number of H-pyrrole nitrogens is 1. The number of aromatic nitrogens is 2. The number of benzene rings is 1. The van der Waals surface area contributed by atoms with Crippen molar-refractivity contribution in [2.24, 2.45) is 0 Å². The Hall–Kier alpha value is -1.36. The lowest BCUT2D eigenvalue weighted by molar-refractivity contribution is 0.629. The van der Waals surface area contributed by atoms with Crippen molar-refractivity contribution in [3.63, 3.8) is 0 Å². The minimum atomic E-state index is -0.452. The summed E-state index contributed by atoms with van der Waals surface area (Å²) in [6, 6.07) is 3.84. The van der Waals surface area contributed by atoms with Crippen molar-refractivity contribution in [1.29, 1.82) is 0 Å². The highest BCUT2D eigenvalue weighted by molar-refractivity contribution is 7.80. The number of hydrogen-bond acceptors (Lipinski definition) is 3. The Balaban J connectivity index is 2.95. The van der Waals surface area contributed by atoms with Gasteiger partial charge in [-0.1, -0.05) is 0 Å². The molecule has 0 amide bonds. The highest BCUT2D eigenvalue weighted by Gasteiger charge is 2.02. The first-order valence-electron chi connectivity index (χ1n) is 3.55. The number of nitrogens with zero attached hydrogens (tertiary/aromatic N) is 1. The molecule has 1 aromatic heterocycles. The second-order valence-electron chi connectivity index (χ2n) is 2.55. The van der Waals surface area contributed by atoms with E-state index in [0.29, 0.717) is 5.52 Å². The van der Waals surface area contributed by atoms with E-state index in [1.807, 2.05) is 0 Å². The molecule has 0 atom stereocenters. The summed E-state index contributed by atoms with van der Waals surface area (Å²) in [7, 11) is 0. The zero-order valence-electron chi connectivity index (χ0n) is 6.41. The summed E-state index contributed by atoms with van der Waals surface area (Å²) >= 11 is 3.90. The van der Waals surface area contributed by atoms with Crippen LogP contribution in [0.25, 0.3) is 10.9 Å². The zero-order valence-corrected chi connectivity index (χ0v) is 7.31. The van der Waals surface area contributed by atoms with Crippen molar-refractivity contribution in [2.45, 2.75) is 5.16 Å². The Kier molecular flexibility index (Phi) is 1.81. The molecular formula is C8H5FN2OS. The predicted molar refractivity (Wildman–Crippen MR) is 49.6 cm³/mol. The SMILES string of the molecule is O=c1[nH]c(S)nc2ccc(F)cc12. The van der Waals surface area contributed by atoms with E-state index in [1.54, 1.807) is 0 Å². The van der Waals surface area contributed by atoms with E-state index in [1.165, 1.54) is 12.1 Å². The van der Waals surface area contributed by atoms with E-state index in [-0.39, 0.29) is 16.1 Å². The Bertz CT molecular complexity index is 523. The fourth-order valence-electron chi connectivity index (χ4n) is 1.10. The number of fused-ring (bicyclic) bond motifs is 1. The summed E-state index contributed by atoms with van der Waals surface area (Å²) in [5.74, 6) is -0.452. The lowest BCUT2D eigenvalue weighted by Crippen LogP contribution is -2.08. The highest BCUT2D eigenvalue weighted by Crippen LogP contribution is 2.09. The molecule has 0 spiro atoms. The normalized spacial score (nSPS) is 10.6. The zero-order chi connectivity index (χ0) is 9.42. The van der Waals surface area contributed by atoms with Crippen molar-refractivity contribution in [2.75, 3.05) is 0 Å². The van der Waals surface area contributed by atoms with Gasteiger partial charge in [0.25, 0.3) is 5.56 Å². The molecule has 3 nitrogen and oxygen atoms in total. The van der Waals surface area contributed by atoms with Crippen molar-refractivity contribution in [3.05, 3.63) is 34.4 Å². The first-order chi connectivity index (χ1) is 6.16. The lowest BCUT2D eigenvalue weighted by Gasteiger charge is -1.96. The summed E-state index contributed by atoms with van der Waals surface area (Å²) in [6.07, 6.45) is 0. The fourth-order valence-corrected chi connectivity index (χ4v) is 1.31.